The number of hydrogen-bond acceptors (Lipinski definition) is 1. The fraction of sp³-hybridized carbons (Fsp3) is 0.125. The molecular formula is C16H12SSe. The molecule has 0 amide bonds. The van der Waals surface area contributed by atoms with E-state index in [-0.39, 0.29) is 0 Å². The SMILES string of the molecule is Cc1cc2cc3cc(C4=CC=CC4)sc3cc2[se]1. The Balaban J connectivity index is 1.94. The second-order valence-electron chi connectivity index (χ2n) is 4.72. The van der Waals surface area contributed by atoms with Crippen molar-refractivity contribution < 1.29 is 0 Å². The van der Waals surface area contributed by atoms with E-state index in [4.69, 9.17) is 0 Å². The van der Waals surface area contributed by atoms with Crippen molar-refractivity contribution in [2.75, 3.05) is 0 Å². The molecule has 0 aliphatic heterocycles. The summed E-state index contributed by atoms with van der Waals surface area (Å²) in [7, 11) is 0. The predicted molar refractivity (Wildman–Crippen MR) is 82.7 cm³/mol. The fourth-order valence-electron chi connectivity index (χ4n) is 2.50. The first-order valence-corrected chi connectivity index (χ1v) is 8.62. The average Bonchev–Trinajstić information content (AvgIpc) is 3.02. The summed E-state index contributed by atoms with van der Waals surface area (Å²) in [6, 6.07) is 9.48. The Hall–Kier alpha value is -1.08. The van der Waals surface area contributed by atoms with Crippen LogP contribution in [-0.4, -0.2) is 14.5 Å². The molecule has 0 nitrogen and oxygen atoms in total. The summed E-state index contributed by atoms with van der Waals surface area (Å²) >= 11 is 2.50. The summed E-state index contributed by atoms with van der Waals surface area (Å²) in [4.78, 5) is 1.44. The third-order valence-corrected chi connectivity index (χ3v) is 6.67. The number of thiophene rings is 1. The van der Waals surface area contributed by atoms with Gasteiger partial charge in [-0.15, -0.1) is 0 Å². The first kappa shape index (κ1) is 10.8. The minimum absolute atomic E-state index is 0.557. The number of hydrogen-bond donors (Lipinski definition) is 0. The summed E-state index contributed by atoms with van der Waals surface area (Å²) < 4.78 is 4.54. The molecule has 0 fully saturated rings. The molecule has 0 unspecified atom stereocenters. The van der Waals surface area contributed by atoms with E-state index in [1.807, 2.05) is 11.3 Å². The van der Waals surface area contributed by atoms with E-state index in [0.29, 0.717) is 14.5 Å². The number of rotatable bonds is 1. The van der Waals surface area contributed by atoms with Gasteiger partial charge in [0.2, 0.25) is 0 Å². The van der Waals surface area contributed by atoms with Crippen LogP contribution in [0, 0.1) is 6.92 Å². The predicted octanol–water partition coefficient (Wildman–Crippen LogP) is 4.76. The van der Waals surface area contributed by atoms with Crippen molar-refractivity contribution in [3.05, 3.63) is 51.8 Å². The topological polar surface area (TPSA) is 0 Å². The van der Waals surface area contributed by atoms with Crippen LogP contribution in [0.3, 0.4) is 0 Å². The van der Waals surface area contributed by atoms with Crippen molar-refractivity contribution in [2.24, 2.45) is 0 Å². The minimum atomic E-state index is 0.557. The molecule has 2 aromatic heterocycles. The summed E-state index contributed by atoms with van der Waals surface area (Å²) in [6.07, 6.45) is 7.73. The van der Waals surface area contributed by atoms with Gasteiger partial charge in [0.1, 0.15) is 0 Å². The van der Waals surface area contributed by atoms with Gasteiger partial charge in [0.15, 0.2) is 0 Å². The number of aryl methyl sites for hydroxylation is 1. The quantitative estimate of drug-likeness (QED) is 0.568. The molecule has 1 aromatic carbocycles. The molecule has 0 bridgehead atoms. The maximum absolute atomic E-state index is 2.41. The van der Waals surface area contributed by atoms with Crippen molar-refractivity contribution in [1.29, 1.82) is 0 Å². The van der Waals surface area contributed by atoms with Gasteiger partial charge in [-0.3, -0.25) is 0 Å². The summed E-state index contributed by atoms with van der Waals surface area (Å²) in [5, 5.41) is 2.85. The molecule has 1 aliphatic carbocycles. The first-order chi connectivity index (χ1) is 8.79. The zero-order valence-corrected chi connectivity index (χ0v) is 12.6. The molecule has 0 radical (unpaired) electrons. The second kappa shape index (κ2) is 3.96. The van der Waals surface area contributed by atoms with Gasteiger partial charge in [-0.25, -0.2) is 0 Å². The molecule has 4 rings (SSSR count). The molecule has 0 spiro atoms. The van der Waals surface area contributed by atoms with Gasteiger partial charge >= 0.3 is 116 Å². The van der Waals surface area contributed by atoms with Crippen molar-refractivity contribution >= 4 is 51.1 Å². The van der Waals surface area contributed by atoms with Gasteiger partial charge in [-0.05, 0) is 0 Å². The molecule has 0 atom stereocenters. The van der Waals surface area contributed by atoms with E-state index in [9.17, 15) is 0 Å². The Labute approximate surface area is 116 Å². The van der Waals surface area contributed by atoms with E-state index in [1.54, 1.807) is 4.26 Å². The Morgan fingerprint density at radius 3 is 2.89 bits per heavy atom. The van der Waals surface area contributed by atoms with Crippen LogP contribution in [0.25, 0.3) is 25.3 Å². The molecule has 88 valence electrons. The molecule has 3 aromatic rings. The summed E-state index contributed by atoms with van der Waals surface area (Å²) in [5.41, 5.74) is 1.47. The molecule has 2 heteroatoms. The zero-order valence-electron chi connectivity index (χ0n) is 10.1. The van der Waals surface area contributed by atoms with Crippen LogP contribution < -0.4 is 0 Å². The van der Waals surface area contributed by atoms with Crippen LogP contribution in [0.2, 0.25) is 0 Å². The zero-order chi connectivity index (χ0) is 12.1. The van der Waals surface area contributed by atoms with Crippen LogP contribution in [0.1, 0.15) is 15.7 Å². The Kier molecular flexibility index (Phi) is 2.38. The standard InChI is InChI=1S/C16H12SSe/c1-10-6-13-7-12-8-14(11-4-2-3-5-11)17-15(12)9-16(13)18-10/h2-4,6-9H,5H2,1H3. The van der Waals surface area contributed by atoms with E-state index < -0.39 is 0 Å². The van der Waals surface area contributed by atoms with E-state index in [0.717, 1.165) is 6.42 Å². The molecule has 18 heavy (non-hydrogen) atoms. The first-order valence-electron chi connectivity index (χ1n) is 6.09. The molecule has 1 aliphatic rings. The van der Waals surface area contributed by atoms with Crippen molar-refractivity contribution in [3.8, 4) is 0 Å². The van der Waals surface area contributed by atoms with Crippen LogP contribution in [0.5, 0.6) is 0 Å². The van der Waals surface area contributed by atoms with Gasteiger partial charge in [0.25, 0.3) is 0 Å². The average molecular weight is 315 g/mol. The second-order valence-corrected chi connectivity index (χ2v) is 8.51. The van der Waals surface area contributed by atoms with Gasteiger partial charge in [-0.2, -0.15) is 0 Å². The Morgan fingerprint density at radius 2 is 2.06 bits per heavy atom. The molecule has 0 N–H and O–H groups in total. The van der Waals surface area contributed by atoms with E-state index in [1.165, 1.54) is 30.4 Å². The summed E-state index contributed by atoms with van der Waals surface area (Å²) in [5.74, 6) is 0. The fourth-order valence-corrected chi connectivity index (χ4v) is 5.77. The van der Waals surface area contributed by atoms with Gasteiger partial charge in [0.05, 0.1) is 0 Å². The van der Waals surface area contributed by atoms with Crippen molar-refractivity contribution in [3.63, 3.8) is 0 Å². The summed E-state index contributed by atoms with van der Waals surface area (Å²) in [6.45, 7) is 2.24. The molecular weight excluding hydrogens is 303 g/mol. The van der Waals surface area contributed by atoms with Crippen molar-refractivity contribution in [2.45, 2.75) is 13.3 Å². The van der Waals surface area contributed by atoms with Gasteiger partial charge in [-0.1, -0.05) is 0 Å². The monoisotopic (exact) mass is 316 g/mol. The van der Waals surface area contributed by atoms with Crippen LogP contribution >= 0.6 is 11.3 Å². The van der Waals surface area contributed by atoms with Crippen LogP contribution in [-0.2, 0) is 0 Å². The molecule has 0 saturated carbocycles. The van der Waals surface area contributed by atoms with E-state index >= 15 is 0 Å². The Bertz CT molecular complexity index is 763. The number of fused-ring (bicyclic) bond motifs is 2. The van der Waals surface area contributed by atoms with Crippen LogP contribution in [0.4, 0.5) is 0 Å². The third kappa shape index (κ3) is 1.65. The third-order valence-electron chi connectivity index (χ3n) is 3.37. The van der Waals surface area contributed by atoms with Gasteiger partial charge in [0, 0.05) is 0 Å². The van der Waals surface area contributed by atoms with E-state index in [2.05, 4.69) is 49.4 Å². The van der Waals surface area contributed by atoms with Crippen LogP contribution in [0.15, 0.2) is 42.5 Å². The number of benzene rings is 1. The molecule has 2 heterocycles. The van der Waals surface area contributed by atoms with Crippen molar-refractivity contribution in [1.82, 2.24) is 0 Å². The molecule has 0 saturated heterocycles. The normalized spacial score (nSPS) is 14.8. The Morgan fingerprint density at radius 1 is 1.11 bits per heavy atom. The number of allylic oxidation sites excluding steroid dienone is 4. The van der Waals surface area contributed by atoms with Gasteiger partial charge < -0.3 is 0 Å². The maximum atomic E-state index is 2.41.